The van der Waals surface area contributed by atoms with Crippen LogP contribution < -0.4 is 4.90 Å². The van der Waals surface area contributed by atoms with E-state index in [0.717, 1.165) is 43.5 Å². The van der Waals surface area contributed by atoms with Gasteiger partial charge < -0.3 is 19.5 Å². The van der Waals surface area contributed by atoms with Crippen molar-refractivity contribution in [1.82, 2.24) is 0 Å². The van der Waals surface area contributed by atoms with Crippen molar-refractivity contribution in [1.29, 1.82) is 0 Å². The Kier molecular flexibility index (Phi) is 7.73. The van der Waals surface area contributed by atoms with Gasteiger partial charge in [0.05, 0.1) is 11.7 Å². The molecule has 1 aromatic rings. The van der Waals surface area contributed by atoms with E-state index in [1.165, 1.54) is 31.4 Å². The van der Waals surface area contributed by atoms with Crippen LogP contribution in [0.5, 0.6) is 0 Å². The van der Waals surface area contributed by atoms with Gasteiger partial charge in [0.25, 0.3) is 5.92 Å². The first-order valence-electron chi connectivity index (χ1n) is 13.8. The average molecular weight is 502 g/mol. The number of piperidine rings is 1. The molecule has 4 nitrogen and oxygen atoms in total. The molecule has 0 amide bonds. The smallest absolute Gasteiger partial charge is 0.255 e. The van der Waals surface area contributed by atoms with Crippen molar-refractivity contribution in [2.75, 3.05) is 32.2 Å². The Morgan fingerprint density at radius 1 is 1.00 bits per heavy atom. The summed E-state index contributed by atoms with van der Waals surface area (Å²) in [6, 6.07) is 8.68. The number of fused-ring (bicyclic) bond motifs is 1. The molecule has 0 radical (unpaired) electrons. The van der Waals surface area contributed by atoms with E-state index in [1.807, 2.05) is 0 Å². The van der Waals surface area contributed by atoms with E-state index in [1.54, 1.807) is 26.4 Å². The molecule has 1 saturated heterocycles. The van der Waals surface area contributed by atoms with E-state index in [0.29, 0.717) is 11.8 Å². The lowest BCUT2D eigenvalue weighted by Crippen LogP contribution is -2.43. The van der Waals surface area contributed by atoms with Gasteiger partial charge in [-0.05, 0) is 54.9 Å². The maximum atomic E-state index is 15.4. The van der Waals surface area contributed by atoms with Crippen LogP contribution in [0, 0.1) is 23.7 Å². The molecule has 1 aromatic carbocycles. The number of ether oxygens (including phenoxy) is 2. The summed E-state index contributed by atoms with van der Waals surface area (Å²) >= 11 is 0. The summed E-state index contributed by atoms with van der Waals surface area (Å²) in [6.07, 6.45) is 10.9. The van der Waals surface area contributed by atoms with E-state index in [2.05, 4.69) is 29.2 Å². The molecule has 1 aliphatic heterocycles. The minimum atomic E-state index is -2.78. The van der Waals surface area contributed by atoms with Gasteiger partial charge in [-0.25, -0.2) is 8.78 Å². The van der Waals surface area contributed by atoms with Crippen molar-refractivity contribution >= 4 is 5.69 Å². The summed E-state index contributed by atoms with van der Waals surface area (Å²) in [5, 5.41) is 10.1. The van der Waals surface area contributed by atoms with E-state index < -0.39 is 11.8 Å². The number of aliphatic hydroxyl groups excluding tert-OH is 1. The Labute approximate surface area is 214 Å². The number of rotatable bonds is 7. The van der Waals surface area contributed by atoms with Crippen molar-refractivity contribution in [2.24, 2.45) is 23.7 Å². The molecule has 0 aromatic heterocycles. The first-order valence-corrected chi connectivity index (χ1v) is 13.8. The predicted octanol–water partition coefficient (Wildman–Crippen LogP) is 7.23. The number of aliphatic hydroxyl groups is 1. The zero-order chi connectivity index (χ0) is 25.3. The maximum Gasteiger partial charge on any atom is 0.255 e. The highest BCUT2D eigenvalue weighted by Gasteiger charge is 2.53. The SMILES string of the molecule is COC(OC)C1CCN(c2ccc([C@@H]3C4=CC=C(O)CC4C(F)(F)C[C@@H]3CC3CCCC3)cc2)CC1. The summed E-state index contributed by atoms with van der Waals surface area (Å²) in [6.45, 7) is 1.90. The van der Waals surface area contributed by atoms with Crippen molar-refractivity contribution < 1.29 is 23.4 Å². The van der Waals surface area contributed by atoms with Crippen LogP contribution >= 0.6 is 0 Å². The molecular formula is C30H41F2NO3. The Morgan fingerprint density at radius 3 is 2.31 bits per heavy atom. The van der Waals surface area contributed by atoms with Crippen LogP contribution in [-0.2, 0) is 9.47 Å². The Bertz CT molecular complexity index is 941. The summed E-state index contributed by atoms with van der Waals surface area (Å²) in [5.74, 6) is -2.73. The zero-order valence-electron chi connectivity index (χ0n) is 21.7. The Morgan fingerprint density at radius 2 is 1.67 bits per heavy atom. The number of nitrogens with zero attached hydrogens (tertiary/aromatic N) is 1. The highest BCUT2D eigenvalue weighted by Crippen LogP contribution is 2.56. The van der Waals surface area contributed by atoms with Crippen LogP contribution in [0.15, 0.2) is 47.7 Å². The first-order chi connectivity index (χ1) is 17.4. The average Bonchev–Trinajstić information content (AvgIpc) is 3.39. The van der Waals surface area contributed by atoms with Crippen molar-refractivity contribution in [2.45, 2.75) is 75.9 Å². The van der Waals surface area contributed by atoms with Crippen molar-refractivity contribution in [3.05, 3.63) is 53.3 Å². The quantitative estimate of drug-likeness (QED) is 0.400. The number of hydrogen-bond acceptors (Lipinski definition) is 4. The van der Waals surface area contributed by atoms with Gasteiger partial charge in [-0.1, -0.05) is 49.5 Å². The Hall–Kier alpha value is -1.92. The number of halogens is 2. The summed E-state index contributed by atoms with van der Waals surface area (Å²) < 4.78 is 41.7. The fourth-order valence-electron chi connectivity index (χ4n) is 7.46. The molecule has 3 atom stereocenters. The molecule has 3 aliphatic carbocycles. The van der Waals surface area contributed by atoms with Gasteiger partial charge in [0.2, 0.25) is 0 Å². The molecule has 4 aliphatic rings. The number of alkyl halides is 2. The van der Waals surface area contributed by atoms with Crippen LogP contribution in [0.4, 0.5) is 14.5 Å². The third-order valence-electron chi connectivity index (χ3n) is 9.28. The minimum Gasteiger partial charge on any atom is -0.512 e. The number of hydrogen-bond donors (Lipinski definition) is 1. The standard InChI is InChI=1S/C30H41F2NO3/c1-35-29(36-2)22-13-15-33(16-14-22)24-9-7-21(8-10-24)28-23(17-20-5-3-4-6-20)19-30(31,32)27-18-25(34)11-12-26(27)28/h7-12,20,22-23,27-29,34H,3-6,13-19H2,1-2H3/t23-,27?,28-/m0/s1. The monoisotopic (exact) mass is 501 g/mol. The molecule has 198 valence electrons. The van der Waals surface area contributed by atoms with Gasteiger partial charge in [-0.3, -0.25) is 0 Å². The van der Waals surface area contributed by atoms with Gasteiger partial charge in [0, 0.05) is 57.7 Å². The van der Waals surface area contributed by atoms with E-state index in [-0.39, 0.29) is 36.7 Å². The lowest BCUT2D eigenvalue weighted by atomic mass is 9.62. The molecule has 36 heavy (non-hydrogen) atoms. The summed E-state index contributed by atoms with van der Waals surface area (Å²) in [7, 11) is 3.40. The van der Waals surface area contributed by atoms with Crippen LogP contribution in [0.2, 0.25) is 0 Å². The highest BCUT2D eigenvalue weighted by atomic mass is 19.3. The van der Waals surface area contributed by atoms with Crippen LogP contribution in [0.3, 0.4) is 0 Å². The van der Waals surface area contributed by atoms with E-state index >= 15 is 8.78 Å². The van der Waals surface area contributed by atoms with Crippen molar-refractivity contribution in [3.63, 3.8) is 0 Å². The molecule has 2 saturated carbocycles. The topological polar surface area (TPSA) is 41.9 Å². The van der Waals surface area contributed by atoms with Gasteiger partial charge in [-0.2, -0.15) is 0 Å². The van der Waals surface area contributed by atoms with E-state index in [4.69, 9.17) is 9.47 Å². The number of anilines is 1. The van der Waals surface area contributed by atoms with Crippen LogP contribution in [0.1, 0.15) is 69.3 Å². The molecule has 1 heterocycles. The molecular weight excluding hydrogens is 460 g/mol. The number of methoxy groups -OCH3 is 2. The number of allylic oxidation sites excluding steroid dienone is 4. The largest absolute Gasteiger partial charge is 0.512 e. The van der Waals surface area contributed by atoms with Gasteiger partial charge in [-0.15, -0.1) is 0 Å². The maximum absolute atomic E-state index is 15.4. The van der Waals surface area contributed by atoms with Gasteiger partial charge in [0.1, 0.15) is 0 Å². The predicted molar refractivity (Wildman–Crippen MR) is 138 cm³/mol. The molecule has 1 unspecified atom stereocenters. The van der Waals surface area contributed by atoms with Gasteiger partial charge >= 0.3 is 0 Å². The fraction of sp³-hybridized carbons (Fsp3) is 0.667. The molecule has 6 heteroatoms. The molecule has 3 fully saturated rings. The molecule has 1 N–H and O–H groups in total. The van der Waals surface area contributed by atoms with Crippen LogP contribution in [-0.4, -0.2) is 44.6 Å². The van der Waals surface area contributed by atoms with E-state index in [9.17, 15) is 5.11 Å². The minimum absolute atomic E-state index is 0.0106. The van der Waals surface area contributed by atoms with Crippen molar-refractivity contribution in [3.8, 4) is 0 Å². The third-order valence-corrected chi connectivity index (χ3v) is 9.28. The fourth-order valence-corrected chi connectivity index (χ4v) is 7.46. The molecule has 0 spiro atoms. The summed E-state index contributed by atoms with van der Waals surface area (Å²) in [5.41, 5.74) is 3.13. The zero-order valence-corrected chi connectivity index (χ0v) is 21.7. The number of benzene rings is 1. The second-order valence-corrected chi connectivity index (χ2v) is 11.4. The third kappa shape index (κ3) is 5.22. The van der Waals surface area contributed by atoms with Gasteiger partial charge in [0.15, 0.2) is 6.29 Å². The normalized spacial score (nSPS) is 29.2. The Balaban J connectivity index is 1.37. The lowest BCUT2D eigenvalue weighted by molar-refractivity contribution is -0.141. The molecule has 5 rings (SSSR count). The molecule has 0 bridgehead atoms. The second kappa shape index (κ2) is 10.8. The first kappa shape index (κ1) is 25.7. The summed E-state index contributed by atoms with van der Waals surface area (Å²) in [4.78, 5) is 2.40. The second-order valence-electron chi connectivity index (χ2n) is 11.4. The van der Waals surface area contributed by atoms with Crippen LogP contribution in [0.25, 0.3) is 0 Å². The highest BCUT2D eigenvalue weighted by molar-refractivity contribution is 5.50. The lowest BCUT2D eigenvalue weighted by Gasteiger charge is -2.45.